The molecule has 0 aromatic carbocycles. The zero-order valence-electron chi connectivity index (χ0n) is 15.3. The molecule has 2 aromatic rings. The predicted molar refractivity (Wildman–Crippen MR) is 98.2 cm³/mol. The van der Waals surface area contributed by atoms with Crippen LogP contribution in [-0.2, 0) is 6.18 Å². The summed E-state index contributed by atoms with van der Waals surface area (Å²) in [5, 5.41) is 12.9. The van der Waals surface area contributed by atoms with E-state index in [1.54, 1.807) is 0 Å². The van der Waals surface area contributed by atoms with Gasteiger partial charge < -0.3 is 20.1 Å². The van der Waals surface area contributed by atoms with Crippen molar-refractivity contribution in [2.45, 2.75) is 25.1 Å². The van der Waals surface area contributed by atoms with E-state index in [-0.39, 0.29) is 39.6 Å². The number of carboxylic acid groups (broad SMARTS) is 1. The number of hydrogen-bond donors (Lipinski definition) is 2. The molecule has 4 rings (SSSR count). The van der Waals surface area contributed by atoms with Gasteiger partial charge in [-0.2, -0.15) is 13.2 Å². The zero-order chi connectivity index (χ0) is 20.9. The molecule has 1 aliphatic heterocycles. The fourth-order valence-corrected chi connectivity index (χ4v) is 5.24. The van der Waals surface area contributed by atoms with Crippen LogP contribution in [0, 0.1) is 11.8 Å². The molecule has 3 atom stereocenters. The van der Waals surface area contributed by atoms with Crippen molar-refractivity contribution in [3.8, 4) is 5.88 Å². The summed E-state index contributed by atoms with van der Waals surface area (Å²) in [5.74, 6) is -0.430. The fraction of sp³-hybridized carbons (Fsp3) is 0.500. The van der Waals surface area contributed by atoms with Gasteiger partial charge in [0.15, 0.2) is 0 Å². The van der Waals surface area contributed by atoms with E-state index in [2.05, 4.69) is 10.3 Å². The van der Waals surface area contributed by atoms with Crippen molar-refractivity contribution in [2.75, 3.05) is 20.1 Å². The van der Waals surface area contributed by atoms with Gasteiger partial charge in [-0.3, -0.25) is 4.79 Å². The van der Waals surface area contributed by atoms with Crippen molar-refractivity contribution >= 4 is 33.6 Å². The van der Waals surface area contributed by atoms with E-state index in [0.29, 0.717) is 25.9 Å². The Morgan fingerprint density at radius 2 is 1.97 bits per heavy atom. The van der Waals surface area contributed by atoms with Crippen molar-refractivity contribution in [1.82, 2.24) is 15.2 Å². The third-order valence-corrected chi connectivity index (χ3v) is 6.54. The van der Waals surface area contributed by atoms with Crippen LogP contribution in [-0.4, -0.2) is 53.2 Å². The van der Waals surface area contributed by atoms with E-state index in [0.717, 1.165) is 17.4 Å². The number of thiophene rings is 1. The zero-order valence-corrected chi connectivity index (χ0v) is 16.1. The van der Waals surface area contributed by atoms with E-state index in [9.17, 15) is 22.8 Å². The summed E-state index contributed by atoms with van der Waals surface area (Å²) < 4.78 is 46.4. The number of nitrogens with zero attached hydrogens (tertiary/aromatic N) is 2. The van der Waals surface area contributed by atoms with Crippen LogP contribution in [0.25, 0.3) is 10.2 Å². The van der Waals surface area contributed by atoms with Crippen LogP contribution < -0.4 is 10.1 Å². The first-order chi connectivity index (χ1) is 13.7. The molecular formula is C18H18F3N3O4S. The van der Waals surface area contributed by atoms with Crippen LogP contribution in [0.5, 0.6) is 5.88 Å². The number of amides is 2. The van der Waals surface area contributed by atoms with Gasteiger partial charge in [-0.1, -0.05) is 0 Å². The van der Waals surface area contributed by atoms with Gasteiger partial charge in [-0.15, -0.1) is 11.3 Å². The van der Waals surface area contributed by atoms with Crippen LogP contribution in [0.2, 0.25) is 0 Å². The molecule has 0 spiro atoms. The summed E-state index contributed by atoms with van der Waals surface area (Å²) in [5.41, 5.74) is -0.842. The molecule has 2 aromatic heterocycles. The first-order valence-electron chi connectivity index (χ1n) is 9.03. The van der Waals surface area contributed by atoms with E-state index in [1.807, 2.05) is 0 Å². The lowest BCUT2D eigenvalue weighted by Crippen LogP contribution is -2.29. The number of aromatic nitrogens is 1. The third-order valence-electron chi connectivity index (χ3n) is 5.54. The maximum atomic E-state index is 13.6. The molecular weight excluding hydrogens is 411 g/mol. The molecule has 156 valence electrons. The summed E-state index contributed by atoms with van der Waals surface area (Å²) in [7, 11) is 1.40. The Hall–Kier alpha value is -2.56. The topological polar surface area (TPSA) is 91.8 Å². The van der Waals surface area contributed by atoms with Gasteiger partial charge in [0.1, 0.15) is 6.10 Å². The molecule has 1 saturated heterocycles. The first-order valence-corrected chi connectivity index (χ1v) is 9.91. The summed E-state index contributed by atoms with van der Waals surface area (Å²) in [6, 6.07) is 0.879. The lowest BCUT2D eigenvalue weighted by Gasteiger charge is -2.18. The third kappa shape index (κ3) is 3.59. The van der Waals surface area contributed by atoms with Crippen molar-refractivity contribution in [3.05, 3.63) is 22.6 Å². The van der Waals surface area contributed by atoms with Gasteiger partial charge in [0.05, 0.1) is 21.3 Å². The number of hydrogen-bond acceptors (Lipinski definition) is 5. The molecule has 0 unspecified atom stereocenters. The van der Waals surface area contributed by atoms with Crippen LogP contribution in [0.3, 0.4) is 0 Å². The SMILES string of the molecule is CNC(=O)c1csc2c(C(F)(F)F)cc(O[C@@H]3C[C@@H]4CN(C(=O)O)C[C@@H]4C3)nc12. The van der Waals surface area contributed by atoms with Crippen molar-refractivity contribution < 1.29 is 32.6 Å². The largest absolute Gasteiger partial charge is 0.474 e. The molecule has 2 N–H and O–H groups in total. The molecule has 11 heteroatoms. The average Bonchev–Trinajstić information content (AvgIpc) is 3.32. The molecule has 7 nitrogen and oxygen atoms in total. The van der Waals surface area contributed by atoms with Gasteiger partial charge in [0.25, 0.3) is 5.91 Å². The minimum atomic E-state index is -4.61. The number of carbonyl (C=O) groups excluding carboxylic acids is 1. The quantitative estimate of drug-likeness (QED) is 0.780. The highest BCUT2D eigenvalue weighted by atomic mass is 32.1. The van der Waals surface area contributed by atoms with E-state index in [1.165, 1.54) is 17.3 Å². The number of halogens is 3. The Labute approximate surface area is 167 Å². The molecule has 29 heavy (non-hydrogen) atoms. The van der Waals surface area contributed by atoms with Gasteiger partial charge in [0, 0.05) is 31.6 Å². The second kappa shape index (κ2) is 7.05. The van der Waals surface area contributed by atoms with Crippen LogP contribution in [0.15, 0.2) is 11.4 Å². The summed E-state index contributed by atoms with van der Waals surface area (Å²) in [4.78, 5) is 28.7. The van der Waals surface area contributed by atoms with Crippen LogP contribution >= 0.6 is 11.3 Å². The molecule has 1 aliphatic carbocycles. The molecule has 2 fully saturated rings. The molecule has 2 amide bonds. The molecule has 0 bridgehead atoms. The first kappa shape index (κ1) is 19.7. The normalized spacial score (nSPS) is 24.0. The Morgan fingerprint density at radius 1 is 1.31 bits per heavy atom. The lowest BCUT2D eigenvalue weighted by atomic mass is 10.0. The van der Waals surface area contributed by atoms with Crippen LogP contribution in [0.4, 0.5) is 18.0 Å². The lowest BCUT2D eigenvalue weighted by molar-refractivity contribution is -0.136. The van der Waals surface area contributed by atoms with E-state index >= 15 is 0 Å². The minimum absolute atomic E-state index is 0.0329. The second-order valence-corrected chi connectivity index (χ2v) is 8.21. The fourth-order valence-electron chi connectivity index (χ4n) is 4.22. The number of rotatable bonds is 3. The standard InChI is InChI=1S/C18H18F3N3O4S/c1-22-16(25)11-7-29-15-12(18(19,20)21)4-13(23-14(11)15)28-10-2-8-5-24(17(26)27)6-9(8)3-10/h4,7-10H,2-3,5-6H2,1H3,(H,22,25)(H,26,27)/t8-,9+,10-. The Kier molecular flexibility index (Phi) is 4.80. The van der Waals surface area contributed by atoms with Crippen molar-refractivity contribution in [2.24, 2.45) is 11.8 Å². The number of likely N-dealkylation sites (tertiary alicyclic amines) is 1. The van der Waals surface area contributed by atoms with Crippen LogP contribution in [0.1, 0.15) is 28.8 Å². The maximum Gasteiger partial charge on any atom is 0.418 e. The number of pyridine rings is 1. The average molecular weight is 429 g/mol. The highest BCUT2D eigenvalue weighted by Crippen LogP contribution is 2.42. The summed E-state index contributed by atoms with van der Waals surface area (Å²) in [6.07, 6.45) is -4.80. The summed E-state index contributed by atoms with van der Waals surface area (Å²) >= 11 is 0.819. The number of carbonyl (C=O) groups is 2. The Morgan fingerprint density at radius 3 is 2.52 bits per heavy atom. The maximum absolute atomic E-state index is 13.6. The Bertz CT molecular complexity index is 963. The van der Waals surface area contributed by atoms with E-state index < -0.39 is 23.7 Å². The van der Waals surface area contributed by atoms with Gasteiger partial charge >= 0.3 is 12.3 Å². The number of ether oxygens (including phenoxy) is 1. The van der Waals surface area contributed by atoms with Crippen molar-refractivity contribution in [3.63, 3.8) is 0 Å². The van der Waals surface area contributed by atoms with Gasteiger partial charge in [0.2, 0.25) is 5.88 Å². The van der Waals surface area contributed by atoms with Crippen molar-refractivity contribution in [1.29, 1.82) is 0 Å². The molecule has 3 heterocycles. The number of fused-ring (bicyclic) bond motifs is 2. The van der Waals surface area contributed by atoms with Gasteiger partial charge in [-0.05, 0) is 24.7 Å². The highest BCUT2D eigenvalue weighted by molar-refractivity contribution is 7.17. The predicted octanol–water partition coefficient (Wildman–Crippen LogP) is 3.44. The second-order valence-electron chi connectivity index (χ2n) is 7.33. The molecule has 2 aliphatic rings. The smallest absolute Gasteiger partial charge is 0.418 e. The number of nitrogens with one attached hydrogen (secondary N) is 1. The summed E-state index contributed by atoms with van der Waals surface area (Å²) in [6.45, 7) is 0.816. The monoisotopic (exact) mass is 429 g/mol. The Balaban J connectivity index is 1.61. The highest BCUT2D eigenvalue weighted by Gasteiger charge is 2.44. The minimum Gasteiger partial charge on any atom is -0.474 e. The van der Waals surface area contributed by atoms with E-state index in [4.69, 9.17) is 9.84 Å². The molecule has 0 radical (unpaired) electrons. The van der Waals surface area contributed by atoms with Gasteiger partial charge in [-0.25, -0.2) is 9.78 Å². The number of alkyl halides is 3. The molecule has 1 saturated carbocycles.